The Morgan fingerprint density at radius 2 is 2.33 bits per heavy atom. The molecule has 6 nitrogen and oxygen atoms in total. The largest absolute Gasteiger partial charge is 0.482 e. The van der Waals surface area contributed by atoms with E-state index < -0.39 is 0 Å². The van der Waals surface area contributed by atoms with E-state index in [4.69, 9.17) is 10.5 Å². The van der Waals surface area contributed by atoms with Crippen molar-refractivity contribution >= 4 is 17.5 Å². The molecule has 0 radical (unpaired) electrons. The van der Waals surface area contributed by atoms with E-state index in [1.165, 1.54) is 0 Å². The Hall–Kier alpha value is -2.08. The molecular formula is C15H19N3O3. The summed E-state index contributed by atoms with van der Waals surface area (Å²) >= 11 is 0. The quantitative estimate of drug-likeness (QED) is 0.844. The van der Waals surface area contributed by atoms with Crippen LogP contribution < -0.4 is 15.8 Å². The molecule has 2 amide bonds. The summed E-state index contributed by atoms with van der Waals surface area (Å²) in [5, 5.41) is 2.72. The smallest absolute Gasteiger partial charge is 0.262 e. The second kappa shape index (κ2) is 5.37. The highest BCUT2D eigenvalue weighted by Crippen LogP contribution is 2.30. The molecule has 2 atom stereocenters. The van der Waals surface area contributed by atoms with Gasteiger partial charge in [-0.25, -0.2) is 0 Å². The number of rotatable bonds is 2. The maximum atomic E-state index is 12.6. The van der Waals surface area contributed by atoms with Crippen molar-refractivity contribution < 1.29 is 14.3 Å². The summed E-state index contributed by atoms with van der Waals surface area (Å²) in [5.41, 5.74) is 6.89. The Labute approximate surface area is 123 Å². The number of nitrogens with two attached hydrogens (primary N) is 1. The predicted octanol–water partition coefficient (Wildman–Crippen LogP) is 0.827. The molecular weight excluding hydrogens is 270 g/mol. The first kappa shape index (κ1) is 13.9. The number of nitrogens with zero attached hydrogens (tertiary/aromatic N) is 1. The molecule has 6 heteroatoms. The number of carbonyl (C=O) groups excluding carboxylic acids is 2. The van der Waals surface area contributed by atoms with Gasteiger partial charge in [0.1, 0.15) is 5.75 Å². The maximum absolute atomic E-state index is 12.6. The first-order valence-corrected chi connectivity index (χ1v) is 7.16. The van der Waals surface area contributed by atoms with Crippen LogP contribution >= 0.6 is 0 Å². The minimum Gasteiger partial charge on any atom is -0.482 e. The molecule has 2 aliphatic heterocycles. The summed E-state index contributed by atoms with van der Waals surface area (Å²) in [6.07, 6.45) is 0.944. The van der Waals surface area contributed by atoms with E-state index in [-0.39, 0.29) is 24.5 Å². The lowest BCUT2D eigenvalue weighted by atomic mass is 10.1. The molecule has 2 heterocycles. The van der Waals surface area contributed by atoms with Crippen molar-refractivity contribution in [2.24, 2.45) is 11.7 Å². The van der Waals surface area contributed by atoms with Crippen LogP contribution in [0.1, 0.15) is 23.7 Å². The third kappa shape index (κ3) is 2.58. The summed E-state index contributed by atoms with van der Waals surface area (Å²) in [6, 6.07) is 5.32. The van der Waals surface area contributed by atoms with Gasteiger partial charge in [-0.3, -0.25) is 9.59 Å². The third-order valence-corrected chi connectivity index (χ3v) is 4.12. The molecule has 21 heavy (non-hydrogen) atoms. The number of hydrogen-bond donors (Lipinski definition) is 2. The topological polar surface area (TPSA) is 84.7 Å². The zero-order valence-electron chi connectivity index (χ0n) is 12.0. The minimum atomic E-state index is -0.180. The number of anilines is 1. The van der Waals surface area contributed by atoms with Crippen LogP contribution in [0.5, 0.6) is 5.75 Å². The highest BCUT2D eigenvalue weighted by molar-refractivity contribution is 5.99. The van der Waals surface area contributed by atoms with E-state index in [1.54, 1.807) is 18.2 Å². The van der Waals surface area contributed by atoms with Crippen molar-refractivity contribution in [1.29, 1.82) is 0 Å². The number of ether oxygens (including phenoxy) is 1. The van der Waals surface area contributed by atoms with Crippen LogP contribution in [0.3, 0.4) is 0 Å². The first-order valence-electron chi connectivity index (χ1n) is 7.16. The van der Waals surface area contributed by atoms with Crippen molar-refractivity contribution in [2.75, 3.05) is 25.0 Å². The zero-order valence-corrected chi connectivity index (χ0v) is 12.0. The van der Waals surface area contributed by atoms with Gasteiger partial charge in [0.15, 0.2) is 6.61 Å². The lowest BCUT2D eigenvalue weighted by Gasteiger charge is -2.23. The van der Waals surface area contributed by atoms with Crippen molar-refractivity contribution in [3.63, 3.8) is 0 Å². The van der Waals surface area contributed by atoms with Crippen LogP contribution in [-0.4, -0.2) is 42.5 Å². The summed E-state index contributed by atoms with van der Waals surface area (Å²) in [6.45, 7) is 3.33. The molecule has 2 unspecified atom stereocenters. The maximum Gasteiger partial charge on any atom is 0.262 e. The van der Waals surface area contributed by atoms with Gasteiger partial charge in [-0.1, -0.05) is 0 Å². The lowest BCUT2D eigenvalue weighted by Crippen LogP contribution is -2.34. The number of nitrogens with one attached hydrogen (secondary N) is 1. The fourth-order valence-corrected chi connectivity index (χ4v) is 2.97. The monoisotopic (exact) mass is 289 g/mol. The standard InChI is InChI=1S/C15H19N3O3/c1-9-4-10(6-16)7-18(9)15(20)11-2-3-12-13(5-11)21-8-14(19)17-12/h2-3,5,9-10H,4,6-8,16H2,1H3,(H,17,19). The molecule has 0 bridgehead atoms. The number of carbonyl (C=O) groups is 2. The molecule has 1 saturated heterocycles. The first-order chi connectivity index (χ1) is 10.1. The third-order valence-electron chi connectivity index (χ3n) is 4.12. The Balaban J connectivity index is 1.81. The molecule has 1 aromatic carbocycles. The Bertz CT molecular complexity index is 588. The highest BCUT2D eigenvalue weighted by Gasteiger charge is 2.32. The fraction of sp³-hybridized carbons (Fsp3) is 0.467. The molecule has 1 fully saturated rings. The van der Waals surface area contributed by atoms with Crippen LogP contribution in [0.15, 0.2) is 18.2 Å². The molecule has 3 rings (SSSR count). The van der Waals surface area contributed by atoms with Gasteiger partial charge in [0, 0.05) is 18.2 Å². The van der Waals surface area contributed by atoms with E-state index in [9.17, 15) is 9.59 Å². The second-order valence-electron chi connectivity index (χ2n) is 5.69. The molecule has 112 valence electrons. The Kier molecular flexibility index (Phi) is 3.55. The van der Waals surface area contributed by atoms with E-state index >= 15 is 0 Å². The molecule has 1 aromatic rings. The van der Waals surface area contributed by atoms with E-state index in [2.05, 4.69) is 5.32 Å². The Morgan fingerprint density at radius 1 is 1.52 bits per heavy atom. The fourth-order valence-electron chi connectivity index (χ4n) is 2.97. The van der Waals surface area contributed by atoms with Crippen LogP contribution in [-0.2, 0) is 4.79 Å². The summed E-state index contributed by atoms with van der Waals surface area (Å²) in [5.74, 6) is 0.724. The minimum absolute atomic E-state index is 0.0123. The SMILES string of the molecule is CC1CC(CN)CN1C(=O)c1ccc2c(c1)OCC(=O)N2. The van der Waals surface area contributed by atoms with E-state index in [0.29, 0.717) is 36.0 Å². The zero-order chi connectivity index (χ0) is 15.0. The summed E-state index contributed by atoms with van der Waals surface area (Å²) in [7, 11) is 0. The van der Waals surface area contributed by atoms with Gasteiger partial charge >= 0.3 is 0 Å². The van der Waals surface area contributed by atoms with E-state index in [1.807, 2.05) is 11.8 Å². The predicted molar refractivity (Wildman–Crippen MR) is 78.2 cm³/mol. The van der Waals surface area contributed by atoms with Gasteiger partial charge < -0.3 is 20.7 Å². The summed E-state index contributed by atoms with van der Waals surface area (Å²) < 4.78 is 5.36. The van der Waals surface area contributed by atoms with Crippen molar-refractivity contribution in [3.05, 3.63) is 23.8 Å². The average Bonchev–Trinajstić information content (AvgIpc) is 2.87. The van der Waals surface area contributed by atoms with E-state index in [0.717, 1.165) is 6.42 Å². The Morgan fingerprint density at radius 3 is 3.05 bits per heavy atom. The van der Waals surface area contributed by atoms with Crippen molar-refractivity contribution in [3.8, 4) is 5.75 Å². The van der Waals surface area contributed by atoms with Gasteiger partial charge in [0.05, 0.1) is 5.69 Å². The van der Waals surface area contributed by atoms with Crippen LogP contribution in [0.25, 0.3) is 0 Å². The molecule has 2 aliphatic rings. The van der Waals surface area contributed by atoms with Crippen LogP contribution in [0, 0.1) is 5.92 Å². The molecule has 0 aliphatic carbocycles. The van der Waals surface area contributed by atoms with Crippen molar-refractivity contribution in [1.82, 2.24) is 4.90 Å². The molecule has 0 aromatic heterocycles. The van der Waals surface area contributed by atoms with Crippen LogP contribution in [0.2, 0.25) is 0 Å². The molecule has 0 spiro atoms. The van der Waals surface area contributed by atoms with Gasteiger partial charge in [0.2, 0.25) is 0 Å². The van der Waals surface area contributed by atoms with Gasteiger partial charge in [0.25, 0.3) is 11.8 Å². The average molecular weight is 289 g/mol. The number of likely N-dealkylation sites (tertiary alicyclic amines) is 1. The lowest BCUT2D eigenvalue weighted by molar-refractivity contribution is -0.118. The second-order valence-corrected chi connectivity index (χ2v) is 5.69. The number of hydrogen-bond acceptors (Lipinski definition) is 4. The normalized spacial score (nSPS) is 24.3. The molecule has 0 saturated carbocycles. The van der Waals surface area contributed by atoms with Gasteiger partial charge in [-0.15, -0.1) is 0 Å². The van der Waals surface area contributed by atoms with Gasteiger partial charge in [-0.2, -0.15) is 0 Å². The van der Waals surface area contributed by atoms with Crippen molar-refractivity contribution in [2.45, 2.75) is 19.4 Å². The van der Waals surface area contributed by atoms with Crippen LogP contribution in [0.4, 0.5) is 5.69 Å². The highest BCUT2D eigenvalue weighted by atomic mass is 16.5. The number of amides is 2. The molecule has 3 N–H and O–H groups in total. The number of fused-ring (bicyclic) bond motifs is 1. The van der Waals surface area contributed by atoms with Gasteiger partial charge in [-0.05, 0) is 44.0 Å². The summed E-state index contributed by atoms with van der Waals surface area (Å²) in [4.78, 5) is 25.7. The number of benzene rings is 1.